The van der Waals surface area contributed by atoms with Crippen molar-refractivity contribution >= 4 is 11.6 Å². The van der Waals surface area contributed by atoms with Gasteiger partial charge in [0.2, 0.25) is 0 Å². The number of carbonyl (C=O) groups excluding carboxylic acids is 2. The van der Waals surface area contributed by atoms with Crippen molar-refractivity contribution in [3.8, 4) is 6.07 Å². The average molecular weight is 356 g/mol. The van der Waals surface area contributed by atoms with Gasteiger partial charge in [0.05, 0.1) is 23.7 Å². The van der Waals surface area contributed by atoms with Crippen LogP contribution in [-0.2, 0) is 4.74 Å². The molecule has 0 saturated heterocycles. The molecule has 1 aromatic carbocycles. The largest absolute Gasteiger partial charge is 0.376 e. The predicted molar refractivity (Wildman–Crippen MR) is 86.9 cm³/mol. The summed E-state index contributed by atoms with van der Waals surface area (Å²) in [6.45, 7) is 0. The van der Waals surface area contributed by atoms with Crippen LogP contribution in [0.3, 0.4) is 0 Å². The van der Waals surface area contributed by atoms with Gasteiger partial charge in [-0.2, -0.15) is 5.26 Å². The summed E-state index contributed by atoms with van der Waals surface area (Å²) < 4.78 is 31.7. The van der Waals surface area contributed by atoms with Crippen LogP contribution in [0.2, 0.25) is 0 Å². The SMILES string of the molecule is COC(c1cc(C#N)cc(C(F)F)c1)C1CC(=O)c2cnccc2C1=O. The van der Waals surface area contributed by atoms with E-state index >= 15 is 0 Å². The fourth-order valence-electron chi connectivity index (χ4n) is 3.24. The zero-order chi connectivity index (χ0) is 18.8. The summed E-state index contributed by atoms with van der Waals surface area (Å²) in [6.07, 6.45) is -1.04. The quantitative estimate of drug-likeness (QED) is 0.835. The minimum atomic E-state index is -2.77. The Hall–Kier alpha value is -2.98. The van der Waals surface area contributed by atoms with Gasteiger partial charge in [0.1, 0.15) is 0 Å². The third-order valence-electron chi connectivity index (χ3n) is 4.44. The maximum atomic E-state index is 13.1. The summed E-state index contributed by atoms with van der Waals surface area (Å²) in [6, 6.07) is 7.00. The van der Waals surface area contributed by atoms with Crippen molar-refractivity contribution in [2.24, 2.45) is 5.92 Å². The third kappa shape index (κ3) is 3.11. The van der Waals surface area contributed by atoms with Crippen LogP contribution in [-0.4, -0.2) is 23.7 Å². The molecule has 1 aliphatic carbocycles. The lowest BCUT2D eigenvalue weighted by molar-refractivity contribution is 0.0371. The molecule has 1 aliphatic rings. The molecule has 5 nitrogen and oxygen atoms in total. The molecule has 0 aliphatic heterocycles. The Morgan fingerprint density at radius 2 is 1.96 bits per heavy atom. The van der Waals surface area contributed by atoms with E-state index in [4.69, 9.17) is 10.00 Å². The Balaban J connectivity index is 2.05. The minimum Gasteiger partial charge on any atom is -0.376 e. The third-order valence-corrected chi connectivity index (χ3v) is 4.44. The maximum absolute atomic E-state index is 13.1. The highest BCUT2D eigenvalue weighted by Crippen LogP contribution is 2.37. The molecule has 2 atom stereocenters. The van der Waals surface area contributed by atoms with Crippen molar-refractivity contribution < 1.29 is 23.1 Å². The topological polar surface area (TPSA) is 80.0 Å². The number of hydrogen-bond donors (Lipinski definition) is 0. The first-order chi connectivity index (χ1) is 12.5. The maximum Gasteiger partial charge on any atom is 0.263 e. The molecule has 0 N–H and O–H groups in total. The van der Waals surface area contributed by atoms with Crippen LogP contribution in [0.4, 0.5) is 8.78 Å². The number of Topliss-reactive ketones (excluding diaryl/α,β-unsaturated/α-hetero) is 2. The van der Waals surface area contributed by atoms with Gasteiger partial charge in [0.15, 0.2) is 11.6 Å². The number of nitrogens with zero attached hydrogens (tertiary/aromatic N) is 2. The molecule has 0 bridgehead atoms. The summed E-state index contributed by atoms with van der Waals surface area (Å²) in [7, 11) is 1.34. The number of halogens is 2. The number of nitriles is 1. The van der Waals surface area contributed by atoms with Gasteiger partial charge in [-0.3, -0.25) is 14.6 Å². The lowest BCUT2D eigenvalue weighted by Crippen LogP contribution is -2.32. The van der Waals surface area contributed by atoms with Crippen molar-refractivity contribution in [2.45, 2.75) is 19.0 Å². The van der Waals surface area contributed by atoms with Crippen LogP contribution in [0.25, 0.3) is 0 Å². The van der Waals surface area contributed by atoms with E-state index in [1.54, 1.807) is 0 Å². The number of methoxy groups -OCH3 is 1. The number of aromatic nitrogens is 1. The molecule has 1 aromatic heterocycles. The van der Waals surface area contributed by atoms with Crippen LogP contribution in [0, 0.1) is 17.2 Å². The number of ether oxygens (including phenoxy) is 1. The first kappa shape index (κ1) is 17.8. The normalized spacial score (nSPS) is 17.7. The predicted octanol–water partition coefficient (Wildman–Crippen LogP) is 3.66. The smallest absolute Gasteiger partial charge is 0.263 e. The van der Waals surface area contributed by atoms with Gasteiger partial charge < -0.3 is 4.74 Å². The molecule has 132 valence electrons. The number of pyridine rings is 1. The molecule has 0 spiro atoms. The Labute approximate surface area is 148 Å². The second-order valence-corrected chi connectivity index (χ2v) is 5.98. The van der Waals surface area contributed by atoms with Gasteiger partial charge in [0, 0.05) is 42.6 Å². The molecular formula is C19H14F2N2O3. The summed E-state index contributed by atoms with van der Waals surface area (Å²) in [5, 5.41) is 9.09. The Kier molecular flexibility index (Phi) is 4.87. The van der Waals surface area contributed by atoms with Crippen molar-refractivity contribution in [3.05, 3.63) is 64.5 Å². The standard InChI is InChI=1S/C19H14F2N2O3/c1-26-18(11-4-10(8-22)5-12(6-11)19(20)21)14-7-16(24)15-9-23-3-2-13(15)17(14)25/h2-6,9,14,18-19H,7H2,1H3. The highest BCUT2D eigenvalue weighted by molar-refractivity contribution is 6.14. The summed E-state index contributed by atoms with van der Waals surface area (Å²) >= 11 is 0. The highest BCUT2D eigenvalue weighted by Gasteiger charge is 2.38. The van der Waals surface area contributed by atoms with Gasteiger partial charge in [-0.25, -0.2) is 8.78 Å². The number of hydrogen-bond acceptors (Lipinski definition) is 5. The van der Waals surface area contributed by atoms with E-state index in [-0.39, 0.29) is 45.8 Å². The zero-order valence-corrected chi connectivity index (χ0v) is 13.8. The number of carbonyl (C=O) groups is 2. The number of alkyl halides is 2. The molecule has 2 unspecified atom stereocenters. The number of rotatable bonds is 4. The molecule has 0 amide bonds. The molecule has 3 rings (SSSR count). The average Bonchev–Trinajstić information content (AvgIpc) is 2.66. The van der Waals surface area contributed by atoms with Crippen molar-refractivity contribution in [1.82, 2.24) is 4.98 Å². The van der Waals surface area contributed by atoms with E-state index in [1.807, 2.05) is 6.07 Å². The van der Waals surface area contributed by atoms with Crippen molar-refractivity contribution in [3.63, 3.8) is 0 Å². The van der Waals surface area contributed by atoms with Crippen LogP contribution in [0.5, 0.6) is 0 Å². The van der Waals surface area contributed by atoms with Crippen molar-refractivity contribution in [1.29, 1.82) is 5.26 Å². The number of fused-ring (bicyclic) bond motifs is 1. The van der Waals surface area contributed by atoms with E-state index in [2.05, 4.69) is 4.98 Å². The van der Waals surface area contributed by atoms with Gasteiger partial charge in [-0.15, -0.1) is 0 Å². The molecule has 0 radical (unpaired) electrons. The van der Waals surface area contributed by atoms with Crippen molar-refractivity contribution in [2.75, 3.05) is 7.11 Å². The first-order valence-electron chi connectivity index (χ1n) is 7.83. The van der Waals surface area contributed by atoms with Crippen LogP contribution < -0.4 is 0 Å². The molecule has 2 aromatic rings. The Morgan fingerprint density at radius 3 is 2.62 bits per heavy atom. The summed E-state index contributed by atoms with van der Waals surface area (Å²) in [5.41, 5.74) is 0.473. The molecular weight excluding hydrogens is 342 g/mol. The fourth-order valence-corrected chi connectivity index (χ4v) is 3.24. The van der Waals surface area contributed by atoms with E-state index in [1.165, 1.54) is 37.7 Å². The van der Waals surface area contributed by atoms with Gasteiger partial charge >= 0.3 is 0 Å². The fraction of sp³-hybridized carbons (Fsp3) is 0.263. The first-order valence-corrected chi connectivity index (χ1v) is 7.83. The van der Waals surface area contributed by atoms with E-state index in [0.717, 1.165) is 6.07 Å². The monoisotopic (exact) mass is 356 g/mol. The van der Waals surface area contributed by atoms with E-state index < -0.39 is 18.4 Å². The van der Waals surface area contributed by atoms with Gasteiger partial charge in [0.25, 0.3) is 6.43 Å². The lowest BCUT2D eigenvalue weighted by atomic mass is 9.77. The van der Waals surface area contributed by atoms with Gasteiger partial charge in [-0.1, -0.05) is 0 Å². The van der Waals surface area contributed by atoms with Crippen LogP contribution in [0.15, 0.2) is 36.7 Å². The second-order valence-electron chi connectivity index (χ2n) is 5.98. The minimum absolute atomic E-state index is 0.0408. The molecule has 26 heavy (non-hydrogen) atoms. The second kappa shape index (κ2) is 7.10. The lowest BCUT2D eigenvalue weighted by Gasteiger charge is -2.29. The summed E-state index contributed by atoms with van der Waals surface area (Å²) in [5.74, 6) is -1.43. The van der Waals surface area contributed by atoms with E-state index in [0.29, 0.717) is 0 Å². The Morgan fingerprint density at radius 1 is 1.23 bits per heavy atom. The highest BCUT2D eigenvalue weighted by atomic mass is 19.3. The Bertz CT molecular complexity index is 921. The van der Waals surface area contributed by atoms with Crippen LogP contribution >= 0.6 is 0 Å². The summed E-state index contributed by atoms with van der Waals surface area (Å²) in [4.78, 5) is 29.1. The molecule has 0 saturated carbocycles. The number of benzene rings is 1. The molecule has 7 heteroatoms. The van der Waals surface area contributed by atoms with Gasteiger partial charge in [-0.05, 0) is 29.8 Å². The number of ketones is 2. The zero-order valence-electron chi connectivity index (χ0n) is 13.8. The molecule has 1 heterocycles. The molecule has 0 fully saturated rings. The van der Waals surface area contributed by atoms with Crippen LogP contribution in [0.1, 0.15) is 56.4 Å². The van der Waals surface area contributed by atoms with E-state index in [9.17, 15) is 18.4 Å².